The molecular formula is C18H17N3O2. The molecule has 0 unspecified atom stereocenters. The van der Waals surface area contributed by atoms with E-state index in [-0.39, 0.29) is 12.5 Å². The quantitative estimate of drug-likeness (QED) is 0.631. The Morgan fingerprint density at radius 1 is 1.17 bits per heavy atom. The molecule has 0 aromatic heterocycles. The highest BCUT2D eigenvalue weighted by molar-refractivity contribution is 5.78. The number of nitrogens with one attached hydrogen (secondary N) is 1. The molecule has 0 fully saturated rings. The van der Waals surface area contributed by atoms with Gasteiger partial charge in [0.15, 0.2) is 6.61 Å². The Kier molecular flexibility index (Phi) is 6.36. The lowest BCUT2D eigenvalue weighted by atomic mass is 10.1. The van der Waals surface area contributed by atoms with Crippen molar-refractivity contribution in [1.29, 1.82) is 5.26 Å². The Bertz CT molecular complexity index is 688. The molecule has 0 atom stereocenters. The van der Waals surface area contributed by atoms with Crippen LogP contribution in [0.4, 0.5) is 0 Å². The zero-order valence-electron chi connectivity index (χ0n) is 12.6. The van der Waals surface area contributed by atoms with Gasteiger partial charge in [-0.05, 0) is 42.7 Å². The van der Waals surface area contributed by atoms with Crippen molar-refractivity contribution in [1.82, 2.24) is 5.43 Å². The molecular weight excluding hydrogens is 290 g/mol. The van der Waals surface area contributed by atoms with Crippen molar-refractivity contribution in [3.63, 3.8) is 0 Å². The zero-order chi connectivity index (χ0) is 16.3. The molecule has 1 N–H and O–H groups in total. The van der Waals surface area contributed by atoms with Gasteiger partial charge in [-0.15, -0.1) is 0 Å². The number of hydrogen-bond acceptors (Lipinski definition) is 4. The molecule has 5 heteroatoms. The van der Waals surface area contributed by atoms with E-state index in [9.17, 15) is 4.79 Å². The van der Waals surface area contributed by atoms with Crippen LogP contribution in [0.15, 0.2) is 59.7 Å². The maximum absolute atomic E-state index is 11.6. The van der Waals surface area contributed by atoms with Gasteiger partial charge in [0.2, 0.25) is 0 Å². The number of hydrogen-bond donors (Lipinski definition) is 1. The average molecular weight is 307 g/mol. The van der Waals surface area contributed by atoms with Gasteiger partial charge in [0.1, 0.15) is 5.75 Å². The summed E-state index contributed by atoms with van der Waals surface area (Å²) in [5, 5.41) is 12.6. The minimum Gasteiger partial charge on any atom is -0.484 e. The number of carbonyl (C=O) groups is 1. The number of carbonyl (C=O) groups excluding carboxylic acids is 1. The topological polar surface area (TPSA) is 74.5 Å². The van der Waals surface area contributed by atoms with E-state index in [1.165, 1.54) is 5.56 Å². The fraction of sp³-hybridized carbons (Fsp3) is 0.167. The summed E-state index contributed by atoms with van der Waals surface area (Å²) in [6, 6.07) is 18.7. The van der Waals surface area contributed by atoms with E-state index in [2.05, 4.69) is 22.7 Å². The van der Waals surface area contributed by atoms with Crippen molar-refractivity contribution in [2.24, 2.45) is 5.10 Å². The first-order valence-corrected chi connectivity index (χ1v) is 7.25. The van der Waals surface area contributed by atoms with Crippen molar-refractivity contribution in [3.05, 3.63) is 65.7 Å². The summed E-state index contributed by atoms with van der Waals surface area (Å²) >= 11 is 0. The molecule has 2 rings (SSSR count). The maximum atomic E-state index is 11.6. The Morgan fingerprint density at radius 2 is 1.91 bits per heavy atom. The third-order valence-corrected chi connectivity index (χ3v) is 3.04. The smallest absolute Gasteiger partial charge is 0.277 e. The molecule has 0 aliphatic carbocycles. The molecule has 0 radical (unpaired) electrons. The highest BCUT2D eigenvalue weighted by Gasteiger charge is 2.01. The number of amides is 1. The lowest BCUT2D eigenvalue weighted by Gasteiger charge is -2.04. The summed E-state index contributed by atoms with van der Waals surface area (Å²) in [4.78, 5) is 11.6. The average Bonchev–Trinajstić information content (AvgIpc) is 2.61. The molecule has 0 saturated carbocycles. The number of aryl methyl sites for hydroxylation is 1. The summed E-state index contributed by atoms with van der Waals surface area (Å²) in [6.45, 7) is -0.123. The van der Waals surface area contributed by atoms with Gasteiger partial charge in [-0.2, -0.15) is 10.4 Å². The van der Waals surface area contributed by atoms with Gasteiger partial charge in [0.05, 0.1) is 11.6 Å². The van der Waals surface area contributed by atoms with E-state index in [0.29, 0.717) is 11.3 Å². The maximum Gasteiger partial charge on any atom is 0.277 e. The summed E-state index contributed by atoms with van der Waals surface area (Å²) in [7, 11) is 0. The largest absolute Gasteiger partial charge is 0.484 e. The second-order valence-electron chi connectivity index (χ2n) is 4.80. The monoisotopic (exact) mass is 307 g/mol. The fourth-order valence-corrected chi connectivity index (χ4v) is 1.86. The van der Waals surface area contributed by atoms with E-state index >= 15 is 0 Å². The lowest BCUT2D eigenvalue weighted by Crippen LogP contribution is -2.24. The highest BCUT2D eigenvalue weighted by Crippen LogP contribution is 2.11. The molecule has 0 aliphatic rings. The van der Waals surface area contributed by atoms with E-state index in [4.69, 9.17) is 10.00 Å². The molecule has 5 nitrogen and oxygen atoms in total. The minimum absolute atomic E-state index is 0.123. The molecule has 116 valence electrons. The molecule has 2 aromatic rings. The summed E-state index contributed by atoms with van der Waals surface area (Å²) in [5.74, 6) is 0.206. The third kappa shape index (κ3) is 6.02. The summed E-state index contributed by atoms with van der Waals surface area (Å²) < 4.78 is 5.30. The van der Waals surface area contributed by atoms with Gasteiger partial charge < -0.3 is 4.74 Å². The number of ether oxygens (including phenoxy) is 1. The normalized spacial score (nSPS) is 10.2. The standard InChI is InChI=1S/C18H17N3O2/c19-13-16-8-10-17(11-9-16)23-14-18(22)21-20-12-4-7-15-5-2-1-3-6-15/h1-3,5-6,8-12H,4,7,14H2,(H,21,22)/b20-12+. The molecule has 0 heterocycles. The summed E-state index contributed by atoms with van der Waals surface area (Å²) in [5.41, 5.74) is 4.19. The van der Waals surface area contributed by atoms with Gasteiger partial charge in [-0.25, -0.2) is 5.43 Å². The van der Waals surface area contributed by atoms with Crippen molar-refractivity contribution in [3.8, 4) is 11.8 Å². The van der Waals surface area contributed by atoms with E-state index in [1.54, 1.807) is 30.5 Å². The lowest BCUT2D eigenvalue weighted by molar-refractivity contribution is -0.123. The van der Waals surface area contributed by atoms with E-state index < -0.39 is 0 Å². The van der Waals surface area contributed by atoms with Crippen LogP contribution >= 0.6 is 0 Å². The number of benzene rings is 2. The molecule has 0 saturated heterocycles. The fourth-order valence-electron chi connectivity index (χ4n) is 1.86. The van der Waals surface area contributed by atoms with Crippen molar-refractivity contribution in [2.45, 2.75) is 12.8 Å². The van der Waals surface area contributed by atoms with Crippen LogP contribution in [0.25, 0.3) is 0 Å². The van der Waals surface area contributed by atoms with Crippen LogP contribution in [0, 0.1) is 11.3 Å². The first kappa shape index (κ1) is 16.2. The van der Waals surface area contributed by atoms with Crippen molar-refractivity contribution in [2.75, 3.05) is 6.61 Å². The van der Waals surface area contributed by atoms with Gasteiger partial charge >= 0.3 is 0 Å². The highest BCUT2D eigenvalue weighted by atomic mass is 16.5. The number of nitrogens with zero attached hydrogens (tertiary/aromatic N) is 2. The van der Waals surface area contributed by atoms with Gasteiger partial charge in [-0.1, -0.05) is 30.3 Å². The van der Waals surface area contributed by atoms with Crippen LogP contribution < -0.4 is 10.2 Å². The minimum atomic E-state index is -0.328. The second kappa shape index (κ2) is 9.00. The van der Waals surface area contributed by atoms with Gasteiger partial charge in [-0.3, -0.25) is 4.79 Å². The second-order valence-corrected chi connectivity index (χ2v) is 4.80. The van der Waals surface area contributed by atoms with E-state index in [0.717, 1.165) is 12.8 Å². The first-order chi connectivity index (χ1) is 11.3. The number of hydrazone groups is 1. The van der Waals surface area contributed by atoms with Crippen molar-refractivity contribution < 1.29 is 9.53 Å². The molecule has 0 bridgehead atoms. The van der Waals surface area contributed by atoms with Crippen LogP contribution in [0.5, 0.6) is 5.75 Å². The van der Waals surface area contributed by atoms with E-state index in [1.807, 2.05) is 24.3 Å². The van der Waals surface area contributed by atoms with Gasteiger partial charge in [0, 0.05) is 6.21 Å². The van der Waals surface area contributed by atoms with Crippen LogP contribution in [0.1, 0.15) is 17.5 Å². The number of rotatable bonds is 7. The molecule has 0 spiro atoms. The predicted octanol–water partition coefficient (Wildman–Crippen LogP) is 2.67. The Hall–Kier alpha value is -3.13. The van der Waals surface area contributed by atoms with Crippen molar-refractivity contribution >= 4 is 12.1 Å². The summed E-state index contributed by atoms with van der Waals surface area (Å²) in [6.07, 6.45) is 3.30. The first-order valence-electron chi connectivity index (χ1n) is 7.25. The van der Waals surface area contributed by atoms with Crippen LogP contribution in [-0.2, 0) is 11.2 Å². The zero-order valence-corrected chi connectivity index (χ0v) is 12.6. The Morgan fingerprint density at radius 3 is 2.61 bits per heavy atom. The number of nitriles is 1. The third-order valence-electron chi connectivity index (χ3n) is 3.04. The molecule has 23 heavy (non-hydrogen) atoms. The molecule has 2 aromatic carbocycles. The molecule has 1 amide bonds. The predicted molar refractivity (Wildman–Crippen MR) is 88.0 cm³/mol. The van der Waals surface area contributed by atoms with Crippen LogP contribution in [0.2, 0.25) is 0 Å². The van der Waals surface area contributed by atoms with Crippen LogP contribution in [-0.4, -0.2) is 18.7 Å². The SMILES string of the molecule is N#Cc1ccc(OCC(=O)N/N=C/CCc2ccccc2)cc1. The Labute approximate surface area is 135 Å². The van der Waals surface area contributed by atoms with Crippen LogP contribution in [0.3, 0.4) is 0 Å². The molecule has 0 aliphatic heterocycles. The Balaban J connectivity index is 1.64. The van der Waals surface area contributed by atoms with Gasteiger partial charge in [0.25, 0.3) is 5.91 Å².